The largest absolute Gasteiger partial charge is 0.489 e. The van der Waals surface area contributed by atoms with Crippen LogP contribution in [0, 0.1) is 18.3 Å². The second-order valence-corrected chi connectivity index (χ2v) is 8.61. The van der Waals surface area contributed by atoms with E-state index in [0.29, 0.717) is 12.5 Å². The molecule has 2 aromatic rings. The molecule has 4 rings (SSSR count). The molecule has 0 amide bonds. The van der Waals surface area contributed by atoms with Gasteiger partial charge in [-0.25, -0.2) is 0 Å². The molecule has 1 heteroatoms. The monoisotopic (exact) mass is 333 g/mol. The van der Waals surface area contributed by atoms with Crippen LogP contribution in [0.1, 0.15) is 56.2 Å². The smallest absolute Gasteiger partial charge is 0.120 e. The van der Waals surface area contributed by atoms with Crippen LogP contribution in [0.15, 0.2) is 48.5 Å². The lowest BCUT2D eigenvalue weighted by molar-refractivity contribution is 0.0607. The highest BCUT2D eigenvalue weighted by molar-refractivity contribution is 5.44. The quantitative estimate of drug-likeness (QED) is 0.658. The van der Waals surface area contributed by atoms with Crippen LogP contribution in [-0.2, 0) is 18.4 Å². The van der Waals surface area contributed by atoms with E-state index in [0.717, 1.165) is 5.75 Å². The van der Waals surface area contributed by atoms with Crippen LogP contribution >= 0.6 is 0 Å². The van der Waals surface area contributed by atoms with Crippen molar-refractivity contribution < 1.29 is 4.74 Å². The maximum absolute atomic E-state index is 6.12. The van der Waals surface area contributed by atoms with Gasteiger partial charge in [-0.05, 0) is 78.2 Å². The molecule has 1 fully saturated rings. The zero-order valence-electron chi connectivity index (χ0n) is 15.6. The molecule has 131 valence electrons. The fourth-order valence-electron chi connectivity index (χ4n) is 5.40. The second kappa shape index (κ2) is 6.20. The fraction of sp³-hybridized carbons (Fsp3) is 0.458. The van der Waals surface area contributed by atoms with Gasteiger partial charge in [0, 0.05) is 0 Å². The summed E-state index contributed by atoms with van der Waals surface area (Å²) in [6, 6.07) is 17.2. The van der Waals surface area contributed by atoms with Gasteiger partial charge >= 0.3 is 0 Å². The Morgan fingerprint density at radius 2 is 1.88 bits per heavy atom. The average Bonchev–Trinajstić information content (AvgIpc) is 2.60. The summed E-state index contributed by atoms with van der Waals surface area (Å²) in [6.45, 7) is 10.1. The van der Waals surface area contributed by atoms with Crippen LogP contribution in [0.3, 0.4) is 0 Å². The summed E-state index contributed by atoms with van der Waals surface area (Å²) < 4.78 is 6.12. The molecule has 0 bridgehead atoms. The van der Waals surface area contributed by atoms with Gasteiger partial charge in [-0.3, -0.25) is 0 Å². The third-order valence-electron chi connectivity index (χ3n) is 6.70. The Balaban J connectivity index is 1.62. The molecule has 0 spiro atoms. The molecule has 0 saturated heterocycles. The first kappa shape index (κ1) is 16.7. The molecule has 2 aliphatic rings. The van der Waals surface area contributed by atoms with Crippen molar-refractivity contribution >= 4 is 0 Å². The Morgan fingerprint density at radius 3 is 2.68 bits per heavy atom. The van der Waals surface area contributed by atoms with E-state index < -0.39 is 0 Å². The zero-order chi connectivity index (χ0) is 17.5. The normalized spacial score (nSPS) is 27.2. The van der Waals surface area contributed by atoms with Crippen LogP contribution in [0.4, 0.5) is 0 Å². The van der Waals surface area contributed by atoms with Crippen LogP contribution < -0.4 is 4.74 Å². The summed E-state index contributed by atoms with van der Waals surface area (Å²) in [7, 11) is 0. The third kappa shape index (κ3) is 2.99. The maximum Gasteiger partial charge on any atom is 0.120 e. The van der Waals surface area contributed by atoms with Gasteiger partial charge in [0.05, 0.1) is 0 Å². The maximum atomic E-state index is 6.12. The third-order valence-corrected chi connectivity index (χ3v) is 6.70. The van der Waals surface area contributed by atoms with Gasteiger partial charge in [0.1, 0.15) is 12.4 Å². The summed E-state index contributed by atoms with van der Waals surface area (Å²) in [5, 5.41) is 0. The molecule has 2 aromatic carbocycles. The molecule has 1 radical (unpaired) electrons. The second-order valence-electron chi connectivity index (χ2n) is 8.61. The molecule has 0 N–H and O–H groups in total. The minimum Gasteiger partial charge on any atom is -0.489 e. The summed E-state index contributed by atoms with van der Waals surface area (Å²) in [6.07, 6.45) is 6.26. The van der Waals surface area contributed by atoms with Gasteiger partial charge in [-0.2, -0.15) is 0 Å². The lowest BCUT2D eigenvalue weighted by Crippen LogP contribution is -2.48. The first-order valence-electron chi connectivity index (χ1n) is 9.64. The molecule has 3 atom stereocenters. The van der Waals surface area contributed by atoms with E-state index in [-0.39, 0.29) is 10.8 Å². The molecular formula is C24H29O. The van der Waals surface area contributed by atoms with E-state index in [1.165, 1.54) is 48.8 Å². The van der Waals surface area contributed by atoms with Gasteiger partial charge in [0.25, 0.3) is 0 Å². The number of ether oxygens (including phenoxy) is 1. The summed E-state index contributed by atoms with van der Waals surface area (Å²) in [4.78, 5) is 0. The number of rotatable bonds is 3. The van der Waals surface area contributed by atoms with Gasteiger partial charge in [0.15, 0.2) is 0 Å². The Morgan fingerprint density at radius 1 is 1.08 bits per heavy atom. The number of aryl methyl sites for hydroxylation is 1. The van der Waals surface area contributed by atoms with Crippen molar-refractivity contribution in [2.75, 3.05) is 0 Å². The topological polar surface area (TPSA) is 9.23 Å². The van der Waals surface area contributed by atoms with Crippen molar-refractivity contribution in [3.63, 3.8) is 0 Å². The highest BCUT2D eigenvalue weighted by atomic mass is 16.5. The highest BCUT2D eigenvalue weighted by Crippen LogP contribution is 2.57. The minimum absolute atomic E-state index is 0.200. The van der Waals surface area contributed by atoms with Crippen molar-refractivity contribution in [1.82, 2.24) is 0 Å². The highest BCUT2D eigenvalue weighted by Gasteiger charge is 2.49. The lowest BCUT2D eigenvalue weighted by atomic mass is 9.50. The Bertz CT molecular complexity index is 746. The van der Waals surface area contributed by atoms with Crippen LogP contribution in [-0.4, -0.2) is 0 Å². The van der Waals surface area contributed by atoms with Crippen LogP contribution in [0.25, 0.3) is 0 Å². The Hall–Kier alpha value is -1.76. The van der Waals surface area contributed by atoms with E-state index >= 15 is 0 Å². The first-order chi connectivity index (χ1) is 12.0. The minimum atomic E-state index is 0.200. The summed E-state index contributed by atoms with van der Waals surface area (Å²) >= 11 is 0. The van der Waals surface area contributed by atoms with E-state index in [4.69, 9.17) is 4.74 Å². The average molecular weight is 333 g/mol. The van der Waals surface area contributed by atoms with Gasteiger partial charge in [-0.15, -0.1) is 0 Å². The predicted octanol–water partition coefficient (Wildman–Crippen LogP) is 6.11. The first-order valence-corrected chi connectivity index (χ1v) is 9.64. The predicted molar refractivity (Wildman–Crippen MR) is 104 cm³/mol. The van der Waals surface area contributed by atoms with Gasteiger partial charge in [-0.1, -0.05) is 56.7 Å². The van der Waals surface area contributed by atoms with Crippen LogP contribution in [0.5, 0.6) is 5.75 Å². The molecule has 0 aliphatic heterocycles. The number of hydrogen-bond acceptors (Lipinski definition) is 1. The van der Waals surface area contributed by atoms with Crippen molar-refractivity contribution in [3.05, 3.63) is 72.1 Å². The number of hydrogen-bond donors (Lipinski definition) is 0. The molecule has 0 unspecified atom stereocenters. The molecule has 1 nitrogen and oxygen atoms in total. The summed E-state index contributed by atoms with van der Waals surface area (Å²) in [5.74, 6) is 1.67. The molecule has 1 saturated carbocycles. The number of benzene rings is 2. The SMILES string of the molecule is [CH2][C@]1(C)CCC[C@]2(C)c3cc(OCc4ccccc4)ccc3CC[C@@H]12. The number of fused-ring (bicyclic) bond motifs is 3. The molecular weight excluding hydrogens is 304 g/mol. The van der Waals surface area contributed by atoms with E-state index in [1.54, 1.807) is 0 Å². The van der Waals surface area contributed by atoms with Crippen molar-refractivity contribution in [2.24, 2.45) is 11.3 Å². The fourth-order valence-corrected chi connectivity index (χ4v) is 5.40. The van der Waals surface area contributed by atoms with Crippen LogP contribution in [0.2, 0.25) is 0 Å². The van der Waals surface area contributed by atoms with Crippen molar-refractivity contribution in [2.45, 2.75) is 58.0 Å². The molecule has 0 aromatic heterocycles. The Labute approximate surface area is 152 Å². The van der Waals surface area contributed by atoms with E-state index in [9.17, 15) is 0 Å². The van der Waals surface area contributed by atoms with E-state index in [2.05, 4.69) is 63.2 Å². The van der Waals surface area contributed by atoms with Crippen molar-refractivity contribution in [3.8, 4) is 5.75 Å². The van der Waals surface area contributed by atoms with Crippen molar-refractivity contribution in [1.29, 1.82) is 0 Å². The van der Waals surface area contributed by atoms with Gasteiger partial charge < -0.3 is 4.74 Å². The van der Waals surface area contributed by atoms with Gasteiger partial charge in [0.2, 0.25) is 0 Å². The molecule has 0 heterocycles. The summed E-state index contributed by atoms with van der Waals surface area (Å²) in [5.41, 5.74) is 4.69. The standard InChI is InChI=1S/C24H29O/c1-23(2)14-7-15-24(3)21-16-20(12-10-19(21)11-13-22(23)24)25-17-18-8-5-4-6-9-18/h4-6,8-10,12,16,22H,1,7,11,13-15,17H2,2-3H3/t22-,23-,24+/m0/s1. The molecule has 25 heavy (non-hydrogen) atoms. The zero-order valence-corrected chi connectivity index (χ0v) is 15.6. The lowest BCUT2D eigenvalue weighted by Gasteiger charge is -2.54. The molecule has 2 aliphatic carbocycles. The Kier molecular flexibility index (Phi) is 4.14. The van der Waals surface area contributed by atoms with E-state index in [1.807, 2.05) is 6.07 Å².